The molecule has 1 aliphatic rings. The Bertz CT molecular complexity index is 1070. The smallest absolute Gasteiger partial charge is 0.335 e. The van der Waals surface area contributed by atoms with Crippen LogP contribution < -0.4 is 19.7 Å². The first-order valence-corrected chi connectivity index (χ1v) is 10.3. The monoisotopic (exact) mass is 462 g/mol. The van der Waals surface area contributed by atoms with E-state index in [1.54, 1.807) is 18.2 Å². The summed E-state index contributed by atoms with van der Waals surface area (Å²) in [6, 6.07) is 8.47. The first kappa shape index (κ1) is 22.7. The molecule has 0 saturated carbocycles. The molecule has 0 atom stereocenters. The number of hydrogen-bond acceptors (Lipinski definition) is 5. The molecule has 31 heavy (non-hydrogen) atoms. The largest absolute Gasteiger partial charge is 0.493 e. The standard InChI is InChI=1S/C22H20Cl2N2O5/c1-3-4-9-31-18-8-5-13(11-19(18)30-2)10-15-20(27)25-22(29)26(21(15)28)14-6-7-16(23)17(24)12-14/h5-8,10-12H,3-4,9H2,1-2H3,(H,25,27,29)/b15-10-. The van der Waals surface area contributed by atoms with Crippen molar-refractivity contribution in [3.63, 3.8) is 0 Å². The van der Waals surface area contributed by atoms with Crippen LogP contribution in [-0.2, 0) is 9.59 Å². The summed E-state index contributed by atoms with van der Waals surface area (Å²) >= 11 is 11.9. The number of carbonyl (C=O) groups excluding carboxylic acids is 3. The summed E-state index contributed by atoms with van der Waals surface area (Å²) in [5, 5.41) is 2.61. The van der Waals surface area contributed by atoms with Gasteiger partial charge >= 0.3 is 6.03 Å². The molecule has 7 nitrogen and oxygen atoms in total. The van der Waals surface area contributed by atoms with Crippen LogP contribution in [0.1, 0.15) is 25.3 Å². The highest BCUT2D eigenvalue weighted by Crippen LogP contribution is 2.31. The van der Waals surface area contributed by atoms with Gasteiger partial charge in [-0.2, -0.15) is 0 Å². The molecule has 3 rings (SSSR count). The molecule has 0 aliphatic carbocycles. The third kappa shape index (κ3) is 5.00. The maximum atomic E-state index is 13.0. The zero-order valence-corrected chi connectivity index (χ0v) is 18.4. The number of hydrogen-bond donors (Lipinski definition) is 1. The fraction of sp³-hybridized carbons (Fsp3) is 0.227. The van der Waals surface area contributed by atoms with Gasteiger partial charge in [0.25, 0.3) is 11.8 Å². The minimum Gasteiger partial charge on any atom is -0.493 e. The molecule has 0 radical (unpaired) electrons. The molecule has 2 aromatic carbocycles. The predicted octanol–water partition coefficient (Wildman–Crippen LogP) is 4.85. The second-order valence-corrected chi connectivity index (χ2v) is 7.48. The average molecular weight is 463 g/mol. The number of nitrogens with zero attached hydrogens (tertiary/aromatic N) is 1. The molecule has 1 saturated heterocycles. The highest BCUT2D eigenvalue weighted by molar-refractivity contribution is 6.43. The van der Waals surface area contributed by atoms with E-state index in [9.17, 15) is 14.4 Å². The quantitative estimate of drug-likeness (QED) is 0.361. The summed E-state index contributed by atoms with van der Waals surface area (Å²) in [6.07, 6.45) is 3.28. The van der Waals surface area contributed by atoms with Crippen LogP contribution in [0.5, 0.6) is 11.5 Å². The third-order valence-corrected chi connectivity index (χ3v) is 5.26. The van der Waals surface area contributed by atoms with E-state index in [-0.39, 0.29) is 21.3 Å². The summed E-state index contributed by atoms with van der Waals surface area (Å²) in [5.74, 6) is -0.556. The predicted molar refractivity (Wildman–Crippen MR) is 119 cm³/mol. The number of carbonyl (C=O) groups is 3. The Labute approximate surface area is 189 Å². The molecule has 1 heterocycles. The SMILES string of the molecule is CCCCOc1ccc(/C=C2/C(=O)NC(=O)N(c3ccc(Cl)c(Cl)c3)C2=O)cc1OC. The first-order valence-electron chi connectivity index (χ1n) is 9.53. The van der Waals surface area contributed by atoms with E-state index in [4.69, 9.17) is 32.7 Å². The van der Waals surface area contributed by atoms with Gasteiger partial charge in [0, 0.05) is 0 Å². The van der Waals surface area contributed by atoms with Gasteiger partial charge in [0.05, 0.1) is 29.4 Å². The van der Waals surface area contributed by atoms with E-state index in [2.05, 4.69) is 12.2 Å². The van der Waals surface area contributed by atoms with Gasteiger partial charge in [-0.25, -0.2) is 9.69 Å². The zero-order valence-electron chi connectivity index (χ0n) is 16.9. The number of amides is 4. The highest BCUT2D eigenvalue weighted by Gasteiger charge is 2.37. The van der Waals surface area contributed by atoms with Crippen LogP contribution in [0, 0.1) is 0 Å². The van der Waals surface area contributed by atoms with E-state index in [1.165, 1.54) is 31.4 Å². The Kier molecular flexibility index (Phi) is 7.20. The van der Waals surface area contributed by atoms with Gasteiger partial charge in [-0.1, -0.05) is 42.6 Å². The molecule has 1 aliphatic heterocycles. The van der Waals surface area contributed by atoms with Crippen molar-refractivity contribution in [3.05, 3.63) is 57.6 Å². The number of benzene rings is 2. The lowest BCUT2D eigenvalue weighted by atomic mass is 10.1. The second-order valence-electron chi connectivity index (χ2n) is 6.67. The molecular weight excluding hydrogens is 443 g/mol. The Morgan fingerprint density at radius 1 is 1.03 bits per heavy atom. The lowest BCUT2D eigenvalue weighted by molar-refractivity contribution is -0.122. The maximum absolute atomic E-state index is 13.0. The minimum absolute atomic E-state index is 0.172. The molecular formula is C22H20Cl2N2O5. The lowest BCUT2D eigenvalue weighted by Crippen LogP contribution is -2.54. The number of ether oxygens (including phenoxy) is 2. The summed E-state index contributed by atoms with van der Waals surface area (Å²) in [5.41, 5.74) is 0.501. The van der Waals surface area contributed by atoms with E-state index in [1.807, 2.05) is 0 Å². The van der Waals surface area contributed by atoms with Crippen LogP contribution >= 0.6 is 23.2 Å². The first-order chi connectivity index (χ1) is 14.8. The van der Waals surface area contributed by atoms with Crippen LogP contribution in [0.15, 0.2) is 42.0 Å². The van der Waals surface area contributed by atoms with E-state index >= 15 is 0 Å². The van der Waals surface area contributed by atoms with Gasteiger partial charge in [0.2, 0.25) is 0 Å². The topological polar surface area (TPSA) is 84.9 Å². The number of urea groups is 1. The Morgan fingerprint density at radius 3 is 2.48 bits per heavy atom. The van der Waals surface area contributed by atoms with Gasteiger partial charge in [-0.15, -0.1) is 0 Å². The molecule has 0 spiro atoms. The number of nitrogens with one attached hydrogen (secondary N) is 1. The average Bonchev–Trinajstić information content (AvgIpc) is 2.74. The van der Waals surface area contributed by atoms with Crippen molar-refractivity contribution in [2.24, 2.45) is 0 Å². The van der Waals surface area contributed by atoms with Crippen LogP contribution in [0.2, 0.25) is 10.0 Å². The molecule has 162 valence electrons. The second kappa shape index (κ2) is 9.85. The Hall–Kier alpha value is -3.03. The zero-order chi connectivity index (χ0) is 22.5. The molecule has 0 bridgehead atoms. The Morgan fingerprint density at radius 2 is 1.81 bits per heavy atom. The fourth-order valence-electron chi connectivity index (χ4n) is 2.90. The molecule has 1 fully saturated rings. The summed E-state index contributed by atoms with van der Waals surface area (Å²) < 4.78 is 11.1. The lowest BCUT2D eigenvalue weighted by Gasteiger charge is -2.26. The molecule has 0 unspecified atom stereocenters. The molecule has 4 amide bonds. The third-order valence-electron chi connectivity index (χ3n) is 4.52. The Balaban J connectivity index is 1.93. The van der Waals surface area contributed by atoms with E-state index in [0.717, 1.165) is 17.7 Å². The van der Waals surface area contributed by atoms with Crippen molar-refractivity contribution in [1.29, 1.82) is 0 Å². The molecule has 9 heteroatoms. The molecule has 2 aromatic rings. The van der Waals surface area contributed by atoms with Crippen LogP contribution in [0.4, 0.5) is 10.5 Å². The van der Waals surface area contributed by atoms with Gasteiger partial charge in [-0.3, -0.25) is 14.9 Å². The van der Waals surface area contributed by atoms with Crippen molar-refractivity contribution in [2.45, 2.75) is 19.8 Å². The van der Waals surface area contributed by atoms with Crippen molar-refractivity contribution in [3.8, 4) is 11.5 Å². The van der Waals surface area contributed by atoms with Gasteiger partial charge in [-0.05, 0) is 48.4 Å². The fourth-order valence-corrected chi connectivity index (χ4v) is 3.19. The maximum Gasteiger partial charge on any atom is 0.335 e. The number of imide groups is 2. The number of methoxy groups -OCH3 is 1. The van der Waals surface area contributed by atoms with Crippen LogP contribution in [0.25, 0.3) is 6.08 Å². The summed E-state index contributed by atoms with van der Waals surface area (Å²) in [6.45, 7) is 2.61. The minimum atomic E-state index is -0.872. The van der Waals surface area contributed by atoms with E-state index in [0.29, 0.717) is 23.7 Å². The molecule has 0 aromatic heterocycles. The number of anilines is 1. The summed E-state index contributed by atoms with van der Waals surface area (Å²) in [4.78, 5) is 38.5. The number of unbranched alkanes of at least 4 members (excludes halogenated alkanes) is 1. The summed E-state index contributed by atoms with van der Waals surface area (Å²) in [7, 11) is 1.50. The van der Waals surface area contributed by atoms with Crippen LogP contribution in [0.3, 0.4) is 0 Å². The molecule has 1 N–H and O–H groups in total. The van der Waals surface area contributed by atoms with Crippen molar-refractivity contribution < 1.29 is 23.9 Å². The number of rotatable bonds is 7. The highest BCUT2D eigenvalue weighted by atomic mass is 35.5. The van der Waals surface area contributed by atoms with E-state index < -0.39 is 17.8 Å². The van der Waals surface area contributed by atoms with Crippen molar-refractivity contribution in [2.75, 3.05) is 18.6 Å². The van der Waals surface area contributed by atoms with Gasteiger partial charge in [0.1, 0.15) is 5.57 Å². The van der Waals surface area contributed by atoms with Gasteiger partial charge < -0.3 is 9.47 Å². The van der Waals surface area contributed by atoms with Crippen molar-refractivity contribution >= 4 is 52.8 Å². The van der Waals surface area contributed by atoms with Gasteiger partial charge in [0.15, 0.2) is 11.5 Å². The number of barbiturate groups is 1. The van der Waals surface area contributed by atoms with Crippen molar-refractivity contribution in [1.82, 2.24) is 5.32 Å². The number of halogens is 2. The van der Waals surface area contributed by atoms with Crippen LogP contribution in [-0.4, -0.2) is 31.6 Å². The normalized spacial score (nSPS) is 15.3.